The maximum absolute atomic E-state index is 13.1. The van der Waals surface area contributed by atoms with Crippen LogP contribution in [0, 0.1) is 6.92 Å². The first-order valence-corrected chi connectivity index (χ1v) is 8.19. The predicted octanol–water partition coefficient (Wildman–Crippen LogP) is 3.86. The minimum absolute atomic E-state index is 0.00328. The third-order valence-electron chi connectivity index (χ3n) is 4.09. The average molecular weight is 377 g/mol. The number of amides is 1. The summed E-state index contributed by atoms with van der Waals surface area (Å²) in [5, 5.41) is 0. The van der Waals surface area contributed by atoms with Crippen molar-refractivity contribution in [3.63, 3.8) is 0 Å². The summed E-state index contributed by atoms with van der Waals surface area (Å²) in [5.41, 5.74) is 1.92. The summed E-state index contributed by atoms with van der Waals surface area (Å²) < 4.78 is 45.9. The smallest absolute Gasteiger partial charge is 0.406 e. The molecule has 0 fully saturated rings. The van der Waals surface area contributed by atoms with Gasteiger partial charge in [0.1, 0.15) is 18.6 Å². The Hall–Kier alpha value is -3.03. The Morgan fingerprint density at radius 2 is 1.93 bits per heavy atom. The molecule has 0 bridgehead atoms. The van der Waals surface area contributed by atoms with Crippen LogP contribution in [-0.4, -0.2) is 40.0 Å². The van der Waals surface area contributed by atoms with E-state index < -0.39 is 18.6 Å². The van der Waals surface area contributed by atoms with Crippen LogP contribution in [0.5, 0.6) is 5.75 Å². The molecule has 0 spiro atoms. The van der Waals surface area contributed by atoms with E-state index >= 15 is 0 Å². The van der Waals surface area contributed by atoms with E-state index in [-0.39, 0.29) is 12.2 Å². The third-order valence-corrected chi connectivity index (χ3v) is 4.09. The van der Waals surface area contributed by atoms with Crippen molar-refractivity contribution in [3.8, 4) is 5.75 Å². The first-order valence-electron chi connectivity index (χ1n) is 8.19. The lowest BCUT2D eigenvalue weighted by molar-refractivity contribution is -0.141. The number of carbonyl (C=O) groups excluding carboxylic acids is 1. The minimum atomic E-state index is -4.52. The fourth-order valence-corrected chi connectivity index (χ4v) is 2.78. The zero-order valence-electron chi connectivity index (χ0n) is 14.8. The van der Waals surface area contributed by atoms with Crippen LogP contribution in [-0.2, 0) is 6.54 Å². The molecule has 142 valence electrons. The number of methoxy groups -OCH3 is 1. The van der Waals surface area contributed by atoms with Crippen LogP contribution in [0.25, 0.3) is 5.52 Å². The molecule has 3 aromatic rings. The molecule has 5 nitrogen and oxygen atoms in total. The second-order valence-electron chi connectivity index (χ2n) is 6.21. The standard InChI is InChI=1S/C19H18F3N3O2/c1-13-7-8-24-12-23-17(16(24)9-13)18(26)25(11-19(20,21)22)10-14-3-5-15(27-2)6-4-14/h3-9,12H,10-11H2,1-2H3. The van der Waals surface area contributed by atoms with Crippen molar-refractivity contribution < 1.29 is 22.7 Å². The van der Waals surface area contributed by atoms with Crippen LogP contribution >= 0.6 is 0 Å². The molecule has 0 atom stereocenters. The number of halogens is 3. The van der Waals surface area contributed by atoms with Gasteiger partial charge in [-0.15, -0.1) is 0 Å². The molecule has 0 aliphatic carbocycles. The van der Waals surface area contributed by atoms with Crippen LogP contribution in [0.4, 0.5) is 13.2 Å². The Morgan fingerprint density at radius 3 is 2.56 bits per heavy atom. The number of nitrogens with zero attached hydrogens (tertiary/aromatic N) is 3. The largest absolute Gasteiger partial charge is 0.497 e. The molecule has 3 rings (SSSR count). The van der Waals surface area contributed by atoms with Crippen molar-refractivity contribution >= 4 is 11.4 Å². The predicted molar refractivity (Wildman–Crippen MR) is 93.7 cm³/mol. The van der Waals surface area contributed by atoms with Gasteiger partial charge in [-0.1, -0.05) is 12.1 Å². The Balaban J connectivity index is 1.93. The summed E-state index contributed by atoms with van der Waals surface area (Å²) in [7, 11) is 1.50. The van der Waals surface area contributed by atoms with Gasteiger partial charge in [0.15, 0.2) is 5.69 Å². The number of hydrogen-bond donors (Lipinski definition) is 0. The summed E-state index contributed by atoms with van der Waals surface area (Å²) in [4.78, 5) is 17.7. The highest BCUT2D eigenvalue weighted by Gasteiger charge is 2.34. The molecule has 2 heterocycles. The van der Waals surface area contributed by atoms with Gasteiger partial charge in [0.2, 0.25) is 0 Å². The molecule has 0 saturated carbocycles. The molecular weight excluding hydrogens is 359 g/mol. The van der Waals surface area contributed by atoms with Gasteiger partial charge in [-0.2, -0.15) is 13.2 Å². The van der Waals surface area contributed by atoms with Crippen molar-refractivity contribution in [3.05, 3.63) is 65.7 Å². The highest BCUT2D eigenvalue weighted by atomic mass is 19.4. The molecule has 0 aliphatic heterocycles. The zero-order chi connectivity index (χ0) is 19.6. The Kier molecular flexibility index (Phi) is 5.07. The Labute approximate surface area is 154 Å². The van der Waals surface area contributed by atoms with Crippen LogP contribution in [0.3, 0.4) is 0 Å². The molecule has 0 N–H and O–H groups in total. The van der Waals surface area contributed by atoms with E-state index in [2.05, 4.69) is 4.98 Å². The maximum atomic E-state index is 13.1. The number of carbonyl (C=O) groups is 1. The van der Waals surface area contributed by atoms with E-state index in [4.69, 9.17) is 4.74 Å². The highest BCUT2D eigenvalue weighted by molar-refractivity contribution is 5.99. The monoisotopic (exact) mass is 377 g/mol. The van der Waals surface area contributed by atoms with Gasteiger partial charge >= 0.3 is 6.18 Å². The number of aryl methyl sites for hydroxylation is 1. The molecule has 8 heteroatoms. The van der Waals surface area contributed by atoms with Gasteiger partial charge in [0, 0.05) is 12.7 Å². The number of benzene rings is 1. The lowest BCUT2D eigenvalue weighted by Crippen LogP contribution is -2.38. The number of pyridine rings is 1. The van der Waals surface area contributed by atoms with E-state index in [0.717, 1.165) is 10.5 Å². The van der Waals surface area contributed by atoms with Gasteiger partial charge in [0.05, 0.1) is 12.6 Å². The molecule has 2 aromatic heterocycles. The lowest BCUT2D eigenvalue weighted by Gasteiger charge is -2.23. The third kappa shape index (κ3) is 4.39. The lowest BCUT2D eigenvalue weighted by atomic mass is 10.2. The van der Waals surface area contributed by atoms with Crippen LogP contribution in [0.2, 0.25) is 0 Å². The number of fused-ring (bicyclic) bond motifs is 1. The molecule has 0 saturated heterocycles. The molecule has 0 unspecified atom stereocenters. The van der Waals surface area contributed by atoms with Crippen molar-refractivity contribution in [1.82, 2.24) is 14.3 Å². The Morgan fingerprint density at radius 1 is 1.22 bits per heavy atom. The number of ether oxygens (including phenoxy) is 1. The normalized spacial score (nSPS) is 11.6. The van der Waals surface area contributed by atoms with Crippen LogP contribution < -0.4 is 4.74 Å². The number of rotatable bonds is 5. The summed E-state index contributed by atoms with van der Waals surface area (Å²) in [6, 6.07) is 10.1. The van der Waals surface area contributed by atoms with Gasteiger partial charge < -0.3 is 14.0 Å². The topological polar surface area (TPSA) is 46.8 Å². The van der Waals surface area contributed by atoms with Gasteiger partial charge in [0.25, 0.3) is 5.91 Å². The van der Waals surface area contributed by atoms with Crippen LogP contribution in [0.15, 0.2) is 48.9 Å². The van der Waals surface area contributed by atoms with E-state index in [1.807, 2.05) is 13.0 Å². The molecule has 0 aliphatic rings. The molecular formula is C19H18F3N3O2. The Bertz CT molecular complexity index is 949. The van der Waals surface area contributed by atoms with Gasteiger partial charge in [-0.3, -0.25) is 4.79 Å². The maximum Gasteiger partial charge on any atom is 0.406 e. The SMILES string of the molecule is COc1ccc(CN(CC(F)(F)F)C(=O)c2ncn3ccc(C)cc23)cc1. The fraction of sp³-hybridized carbons (Fsp3) is 0.263. The first-order chi connectivity index (χ1) is 12.8. The minimum Gasteiger partial charge on any atom is -0.497 e. The summed E-state index contributed by atoms with van der Waals surface area (Å²) in [6.07, 6.45) is -1.39. The first kappa shape index (κ1) is 18.8. The van der Waals surface area contributed by atoms with E-state index in [1.54, 1.807) is 40.9 Å². The number of alkyl halides is 3. The molecule has 1 amide bonds. The van der Waals surface area contributed by atoms with Gasteiger partial charge in [-0.25, -0.2) is 4.98 Å². The zero-order valence-corrected chi connectivity index (χ0v) is 14.8. The number of hydrogen-bond acceptors (Lipinski definition) is 3. The van der Waals surface area contributed by atoms with E-state index in [0.29, 0.717) is 16.8 Å². The highest BCUT2D eigenvalue weighted by Crippen LogP contribution is 2.22. The number of imidazole rings is 1. The average Bonchev–Trinajstić information content (AvgIpc) is 3.03. The molecule has 1 aromatic carbocycles. The quantitative estimate of drug-likeness (QED) is 0.678. The van der Waals surface area contributed by atoms with Crippen molar-refractivity contribution in [2.75, 3.05) is 13.7 Å². The van der Waals surface area contributed by atoms with Crippen molar-refractivity contribution in [2.45, 2.75) is 19.6 Å². The number of aromatic nitrogens is 2. The van der Waals surface area contributed by atoms with E-state index in [9.17, 15) is 18.0 Å². The summed E-state index contributed by atoms with van der Waals surface area (Å²) >= 11 is 0. The fourth-order valence-electron chi connectivity index (χ4n) is 2.78. The van der Waals surface area contributed by atoms with Crippen LogP contribution in [0.1, 0.15) is 21.6 Å². The second kappa shape index (κ2) is 7.30. The molecule has 0 radical (unpaired) electrons. The van der Waals surface area contributed by atoms with E-state index in [1.165, 1.54) is 13.4 Å². The van der Waals surface area contributed by atoms with Gasteiger partial charge in [-0.05, 0) is 42.3 Å². The second-order valence-corrected chi connectivity index (χ2v) is 6.21. The van der Waals surface area contributed by atoms with Crippen molar-refractivity contribution in [1.29, 1.82) is 0 Å². The summed E-state index contributed by atoms with van der Waals surface area (Å²) in [6.45, 7) is 0.294. The van der Waals surface area contributed by atoms with Crippen molar-refractivity contribution in [2.24, 2.45) is 0 Å². The summed E-state index contributed by atoms with van der Waals surface area (Å²) in [5.74, 6) is -0.181. The molecule has 27 heavy (non-hydrogen) atoms.